The van der Waals surface area contributed by atoms with Gasteiger partial charge in [0.1, 0.15) is 11.6 Å². The average Bonchev–Trinajstić information content (AvgIpc) is 2.50. The van der Waals surface area contributed by atoms with Gasteiger partial charge in [0, 0.05) is 36.4 Å². The zero-order valence-electron chi connectivity index (χ0n) is 11.8. The Morgan fingerprint density at radius 2 is 1.90 bits per heavy atom. The minimum absolute atomic E-state index is 0.130. The normalized spacial score (nSPS) is 19.0. The number of Topliss-reactive ketones (excluding diaryl/α,β-unsaturated/α-hetero) is 1. The Bertz CT molecular complexity index is 726. The van der Waals surface area contributed by atoms with Crippen molar-refractivity contribution in [1.29, 1.82) is 0 Å². The Labute approximate surface area is 122 Å². The van der Waals surface area contributed by atoms with Crippen LogP contribution in [-0.2, 0) is 4.79 Å². The van der Waals surface area contributed by atoms with Gasteiger partial charge in [-0.2, -0.15) is 0 Å². The van der Waals surface area contributed by atoms with E-state index in [1.165, 1.54) is 12.1 Å². The van der Waals surface area contributed by atoms with Crippen LogP contribution in [0.1, 0.15) is 23.7 Å². The lowest BCUT2D eigenvalue weighted by Crippen LogP contribution is -2.43. The molecule has 1 heterocycles. The molecule has 0 aromatic heterocycles. The Morgan fingerprint density at radius 3 is 2.62 bits per heavy atom. The number of nitrogens with zero attached hydrogens (tertiary/aromatic N) is 1. The molecule has 3 rings (SSSR count). The maximum Gasteiger partial charge on any atom is 0.254 e. The number of benzene rings is 2. The van der Waals surface area contributed by atoms with Crippen LogP contribution in [0, 0.1) is 11.7 Å². The van der Waals surface area contributed by atoms with Gasteiger partial charge in [0.2, 0.25) is 0 Å². The summed E-state index contributed by atoms with van der Waals surface area (Å²) >= 11 is 0. The van der Waals surface area contributed by atoms with Gasteiger partial charge >= 0.3 is 0 Å². The van der Waals surface area contributed by atoms with Gasteiger partial charge in [-0.3, -0.25) is 9.59 Å². The second kappa shape index (κ2) is 5.28. The van der Waals surface area contributed by atoms with Crippen LogP contribution in [0.15, 0.2) is 36.4 Å². The SMILES string of the molecule is CC1CN(C(=O)c2ccc(F)c3ccccc23)CCC1=O. The van der Waals surface area contributed by atoms with Gasteiger partial charge in [-0.05, 0) is 17.5 Å². The largest absolute Gasteiger partial charge is 0.337 e. The van der Waals surface area contributed by atoms with Crippen LogP contribution in [0.4, 0.5) is 4.39 Å². The maximum atomic E-state index is 13.8. The molecule has 4 heteroatoms. The highest BCUT2D eigenvalue weighted by molar-refractivity contribution is 6.07. The van der Waals surface area contributed by atoms with E-state index in [4.69, 9.17) is 0 Å². The van der Waals surface area contributed by atoms with Crippen molar-refractivity contribution in [2.45, 2.75) is 13.3 Å². The summed E-state index contributed by atoms with van der Waals surface area (Å²) in [5, 5.41) is 1.07. The summed E-state index contributed by atoms with van der Waals surface area (Å²) in [6.07, 6.45) is 0.395. The molecule has 0 bridgehead atoms. The molecule has 1 saturated heterocycles. The Morgan fingerprint density at radius 1 is 1.19 bits per heavy atom. The van der Waals surface area contributed by atoms with Crippen molar-refractivity contribution >= 4 is 22.5 Å². The van der Waals surface area contributed by atoms with Crippen LogP contribution in [-0.4, -0.2) is 29.7 Å². The molecule has 1 unspecified atom stereocenters. The predicted molar refractivity (Wildman–Crippen MR) is 78.6 cm³/mol. The smallest absolute Gasteiger partial charge is 0.254 e. The number of rotatable bonds is 1. The van der Waals surface area contributed by atoms with Crippen LogP contribution in [0.3, 0.4) is 0 Å². The molecule has 1 fully saturated rings. The van der Waals surface area contributed by atoms with Crippen molar-refractivity contribution in [1.82, 2.24) is 4.90 Å². The van der Waals surface area contributed by atoms with Crippen LogP contribution < -0.4 is 0 Å². The Kier molecular flexibility index (Phi) is 3.45. The molecule has 0 radical (unpaired) electrons. The molecule has 2 aromatic rings. The lowest BCUT2D eigenvalue weighted by molar-refractivity contribution is -0.124. The number of hydrogen-bond donors (Lipinski definition) is 0. The molecule has 0 N–H and O–H groups in total. The first-order valence-corrected chi connectivity index (χ1v) is 7.07. The Hall–Kier alpha value is -2.23. The minimum atomic E-state index is -0.329. The third kappa shape index (κ3) is 2.42. The maximum absolute atomic E-state index is 13.8. The van der Waals surface area contributed by atoms with E-state index in [-0.39, 0.29) is 23.4 Å². The molecule has 0 spiro atoms. The minimum Gasteiger partial charge on any atom is -0.337 e. The van der Waals surface area contributed by atoms with Gasteiger partial charge in [0.05, 0.1) is 0 Å². The van der Waals surface area contributed by atoms with Crippen molar-refractivity contribution in [2.75, 3.05) is 13.1 Å². The molecule has 0 aliphatic carbocycles. The zero-order chi connectivity index (χ0) is 15.0. The van der Waals surface area contributed by atoms with E-state index in [0.29, 0.717) is 35.8 Å². The van der Waals surface area contributed by atoms with Gasteiger partial charge in [-0.25, -0.2) is 4.39 Å². The van der Waals surface area contributed by atoms with E-state index in [1.807, 2.05) is 6.92 Å². The summed E-state index contributed by atoms with van der Waals surface area (Å²) in [7, 11) is 0. The van der Waals surface area contributed by atoms with E-state index in [9.17, 15) is 14.0 Å². The number of ketones is 1. The first-order valence-electron chi connectivity index (χ1n) is 7.07. The molecule has 1 amide bonds. The highest BCUT2D eigenvalue weighted by Gasteiger charge is 2.28. The fourth-order valence-electron chi connectivity index (χ4n) is 2.82. The third-order valence-corrected chi connectivity index (χ3v) is 4.06. The molecular formula is C17H16FNO2. The lowest BCUT2D eigenvalue weighted by atomic mass is 9.97. The van der Waals surface area contributed by atoms with Crippen molar-refractivity contribution in [3.8, 4) is 0 Å². The number of fused-ring (bicyclic) bond motifs is 1. The van der Waals surface area contributed by atoms with E-state index in [1.54, 1.807) is 29.2 Å². The molecule has 0 saturated carbocycles. The van der Waals surface area contributed by atoms with Crippen molar-refractivity contribution in [3.63, 3.8) is 0 Å². The first kappa shape index (κ1) is 13.7. The van der Waals surface area contributed by atoms with E-state index < -0.39 is 0 Å². The van der Waals surface area contributed by atoms with Crippen LogP contribution in [0.25, 0.3) is 10.8 Å². The lowest BCUT2D eigenvalue weighted by Gasteiger charge is -2.30. The van der Waals surface area contributed by atoms with E-state index >= 15 is 0 Å². The van der Waals surface area contributed by atoms with E-state index in [2.05, 4.69) is 0 Å². The monoisotopic (exact) mass is 285 g/mol. The third-order valence-electron chi connectivity index (χ3n) is 4.06. The quantitative estimate of drug-likeness (QED) is 0.807. The van der Waals surface area contributed by atoms with Crippen molar-refractivity contribution < 1.29 is 14.0 Å². The van der Waals surface area contributed by atoms with Crippen LogP contribution >= 0.6 is 0 Å². The average molecular weight is 285 g/mol. The fourth-order valence-corrected chi connectivity index (χ4v) is 2.82. The molecule has 21 heavy (non-hydrogen) atoms. The van der Waals surface area contributed by atoms with E-state index in [0.717, 1.165) is 0 Å². The summed E-state index contributed by atoms with van der Waals surface area (Å²) in [5.41, 5.74) is 0.494. The zero-order valence-corrected chi connectivity index (χ0v) is 11.8. The van der Waals surface area contributed by atoms with Gasteiger partial charge in [0.25, 0.3) is 5.91 Å². The first-order chi connectivity index (χ1) is 10.1. The van der Waals surface area contributed by atoms with Gasteiger partial charge in [0.15, 0.2) is 0 Å². The highest BCUT2D eigenvalue weighted by atomic mass is 19.1. The number of piperidine rings is 1. The summed E-state index contributed by atoms with van der Waals surface area (Å²) in [6.45, 7) is 2.71. The predicted octanol–water partition coefficient (Wildman–Crippen LogP) is 3.03. The molecular weight excluding hydrogens is 269 g/mol. The van der Waals surface area contributed by atoms with Crippen molar-refractivity contribution in [3.05, 3.63) is 47.8 Å². The van der Waals surface area contributed by atoms with Crippen LogP contribution in [0.5, 0.6) is 0 Å². The summed E-state index contributed by atoms with van der Waals surface area (Å²) in [6, 6.07) is 9.82. The second-order valence-corrected chi connectivity index (χ2v) is 5.51. The summed E-state index contributed by atoms with van der Waals surface area (Å²) < 4.78 is 13.8. The fraction of sp³-hybridized carbons (Fsp3) is 0.294. The van der Waals surface area contributed by atoms with Gasteiger partial charge < -0.3 is 4.90 Å². The topological polar surface area (TPSA) is 37.4 Å². The second-order valence-electron chi connectivity index (χ2n) is 5.51. The molecule has 3 nitrogen and oxygen atoms in total. The number of amides is 1. The number of carbonyl (C=O) groups is 2. The molecule has 1 aliphatic rings. The number of likely N-dealkylation sites (tertiary alicyclic amines) is 1. The van der Waals surface area contributed by atoms with Crippen molar-refractivity contribution in [2.24, 2.45) is 5.92 Å². The molecule has 1 atom stereocenters. The molecule has 2 aromatic carbocycles. The molecule has 1 aliphatic heterocycles. The summed E-state index contributed by atoms with van der Waals surface area (Å²) in [4.78, 5) is 25.9. The number of halogens is 1. The van der Waals surface area contributed by atoms with Gasteiger partial charge in [-0.15, -0.1) is 0 Å². The Balaban J connectivity index is 1.99. The van der Waals surface area contributed by atoms with Gasteiger partial charge in [-0.1, -0.05) is 31.2 Å². The highest BCUT2D eigenvalue weighted by Crippen LogP contribution is 2.24. The summed E-state index contributed by atoms with van der Waals surface area (Å²) in [5.74, 6) is -0.396. The number of hydrogen-bond acceptors (Lipinski definition) is 2. The van der Waals surface area contributed by atoms with Crippen LogP contribution in [0.2, 0.25) is 0 Å². The standard InChI is InChI=1S/C17H16FNO2/c1-11-10-19(9-8-16(11)20)17(21)14-6-7-15(18)13-5-3-2-4-12(13)14/h2-7,11H,8-10H2,1H3. The molecule has 108 valence electrons. The number of carbonyl (C=O) groups excluding carboxylic acids is 2.